The molecule has 2 heterocycles. The van der Waals surface area contributed by atoms with Gasteiger partial charge in [-0.05, 0) is 42.8 Å². The molecular weight excluding hydrogens is 561 g/mol. The molecule has 4 N–H and O–H groups in total. The fourth-order valence-corrected chi connectivity index (χ4v) is 4.56. The Labute approximate surface area is 240 Å². The Kier molecular flexibility index (Phi) is 10.6. The summed E-state index contributed by atoms with van der Waals surface area (Å²) in [4.78, 5) is 38.0. The highest BCUT2D eigenvalue weighted by atomic mass is 19.4. The minimum atomic E-state index is -4.67. The van der Waals surface area contributed by atoms with Crippen molar-refractivity contribution in [3.05, 3.63) is 53.1 Å². The van der Waals surface area contributed by atoms with E-state index in [-0.39, 0.29) is 50.4 Å². The number of halogens is 3. The summed E-state index contributed by atoms with van der Waals surface area (Å²) in [7, 11) is 0. The standard InChI is InChI=1S/C28H33F3N4O7/c29-28(30,31)18-15-21-22(17-35(27(21)38)24-5-6-25(36)34-26(24)37)23(16-18)33-7-8-39-9-10-40-11-12-41-13-14-42-20-3-1-19(32)2-4-20/h1-4,15-16,24,33H,5-14,17,32H2,(H,34,36,37). The SMILES string of the molecule is Nc1ccc(OCCOCCOCCOCCNc2cc(C(F)(F)F)cc3c2CN(C2CCC(=O)NC2=O)C3=O)cc1. The number of nitrogens with one attached hydrogen (secondary N) is 2. The smallest absolute Gasteiger partial charge is 0.416 e. The summed E-state index contributed by atoms with van der Waals surface area (Å²) >= 11 is 0. The van der Waals surface area contributed by atoms with E-state index in [9.17, 15) is 27.6 Å². The summed E-state index contributed by atoms with van der Waals surface area (Å²) in [6.45, 7) is 2.40. The molecule has 1 saturated heterocycles. The number of nitrogens with two attached hydrogens (primary N) is 1. The molecule has 11 nitrogen and oxygen atoms in total. The highest BCUT2D eigenvalue weighted by Crippen LogP contribution is 2.38. The lowest BCUT2D eigenvalue weighted by atomic mass is 10.0. The quantitative estimate of drug-likeness (QED) is 0.161. The number of benzene rings is 2. The molecule has 2 aromatic carbocycles. The number of rotatable bonds is 15. The summed E-state index contributed by atoms with van der Waals surface area (Å²) in [5.41, 5.74) is 5.69. The van der Waals surface area contributed by atoms with Crippen LogP contribution in [-0.4, -0.2) is 81.5 Å². The Morgan fingerprint density at radius 1 is 0.929 bits per heavy atom. The van der Waals surface area contributed by atoms with Crippen LogP contribution >= 0.6 is 0 Å². The summed E-state index contributed by atoms with van der Waals surface area (Å²) in [6, 6.07) is 7.88. The molecule has 14 heteroatoms. The molecule has 0 saturated carbocycles. The number of amides is 3. The second-order valence-electron chi connectivity index (χ2n) is 9.63. The molecule has 228 valence electrons. The van der Waals surface area contributed by atoms with Crippen LogP contribution < -0.4 is 21.1 Å². The Bertz CT molecular complexity index is 1260. The van der Waals surface area contributed by atoms with E-state index in [0.717, 1.165) is 12.1 Å². The Morgan fingerprint density at radius 3 is 2.21 bits per heavy atom. The Morgan fingerprint density at radius 2 is 1.57 bits per heavy atom. The molecule has 2 aliphatic rings. The average Bonchev–Trinajstić information content (AvgIpc) is 3.28. The van der Waals surface area contributed by atoms with E-state index in [4.69, 9.17) is 24.7 Å². The van der Waals surface area contributed by atoms with Gasteiger partial charge in [-0.2, -0.15) is 13.2 Å². The third kappa shape index (κ3) is 8.33. The predicted octanol–water partition coefficient (Wildman–Crippen LogP) is 2.59. The monoisotopic (exact) mass is 594 g/mol. The molecule has 0 aliphatic carbocycles. The van der Waals surface area contributed by atoms with E-state index in [1.807, 2.05) is 0 Å². The zero-order chi connectivity index (χ0) is 30.1. The van der Waals surface area contributed by atoms with Crippen molar-refractivity contribution < 1.29 is 46.5 Å². The van der Waals surface area contributed by atoms with Crippen LogP contribution in [0.3, 0.4) is 0 Å². The molecule has 2 aromatic rings. The normalized spacial score (nSPS) is 16.9. The number of anilines is 2. The number of imide groups is 1. The molecule has 0 spiro atoms. The van der Waals surface area contributed by atoms with Crippen LogP contribution in [0.2, 0.25) is 0 Å². The van der Waals surface area contributed by atoms with Crippen molar-refractivity contribution in [2.45, 2.75) is 31.6 Å². The van der Waals surface area contributed by atoms with Gasteiger partial charge in [0.15, 0.2) is 0 Å². The van der Waals surface area contributed by atoms with Gasteiger partial charge in [-0.3, -0.25) is 19.7 Å². The van der Waals surface area contributed by atoms with Crippen LogP contribution in [0.1, 0.15) is 34.3 Å². The van der Waals surface area contributed by atoms with Crippen molar-refractivity contribution in [2.75, 3.05) is 63.8 Å². The van der Waals surface area contributed by atoms with Crippen LogP contribution in [0.4, 0.5) is 24.5 Å². The molecule has 4 rings (SSSR count). The van der Waals surface area contributed by atoms with Crippen molar-refractivity contribution in [3.63, 3.8) is 0 Å². The van der Waals surface area contributed by atoms with Crippen molar-refractivity contribution in [3.8, 4) is 5.75 Å². The van der Waals surface area contributed by atoms with Crippen molar-refractivity contribution >= 4 is 29.1 Å². The molecule has 0 aromatic heterocycles. The van der Waals surface area contributed by atoms with Crippen LogP contribution in [-0.2, 0) is 36.5 Å². The maximum absolute atomic E-state index is 13.6. The maximum Gasteiger partial charge on any atom is 0.416 e. The van der Waals surface area contributed by atoms with Gasteiger partial charge in [0.25, 0.3) is 5.91 Å². The lowest BCUT2D eigenvalue weighted by Crippen LogP contribution is -2.52. The first-order chi connectivity index (χ1) is 20.1. The van der Waals surface area contributed by atoms with E-state index in [1.165, 1.54) is 4.90 Å². The van der Waals surface area contributed by atoms with Crippen LogP contribution in [0.15, 0.2) is 36.4 Å². The molecular formula is C28H33F3N4O7. The summed E-state index contributed by atoms with van der Waals surface area (Å²) in [5.74, 6) is -1.06. The van der Waals surface area contributed by atoms with E-state index < -0.39 is 35.5 Å². The number of hydrogen-bond donors (Lipinski definition) is 3. The number of fused-ring (bicyclic) bond motifs is 1. The average molecular weight is 595 g/mol. The van der Waals surface area contributed by atoms with E-state index in [2.05, 4.69) is 10.6 Å². The van der Waals surface area contributed by atoms with Gasteiger partial charge in [-0.1, -0.05) is 0 Å². The second kappa shape index (κ2) is 14.3. The number of piperidine rings is 1. The van der Waals surface area contributed by atoms with Crippen LogP contribution in [0.5, 0.6) is 5.75 Å². The van der Waals surface area contributed by atoms with Crippen LogP contribution in [0.25, 0.3) is 0 Å². The van der Waals surface area contributed by atoms with Gasteiger partial charge in [0, 0.05) is 42.0 Å². The van der Waals surface area contributed by atoms with E-state index in [1.54, 1.807) is 24.3 Å². The van der Waals surface area contributed by atoms with Crippen molar-refractivity contribution in [1.29, 1.82) is 0 Å². The number of carbonyl (C=O) groups is 3. The molecule has 2 aliphatic heterocycles. The lowest BCUT2D eigenvalue weighted by molar-refractivity contribution is -0.138. The minimum absolute atomic E-state index is 0.0454. The molecule has 1 unspecified atom stereocenters. The van der Waals surface area contributed by atoms with Gasteiger partial charge in [0.1, 0.15) is 18.4 Å². The minimum Gasteiger partial charge on any atom is -0.491 e. The maximum atomic E-state index is 13.6. The number of nitrogens with zero attached hydrogens (tertiary/aromatic N) is 1. The van der Waals surface area contributed by atoms with Crippen molar-refractivity contribution in [1.82, 2.24) is 10.2 Å². The van der Waals surface area contributed by atoms with Gasteiger partial charge in [-0.25, -0.2) is 0 Å². The van der Waals surface area contributed by atoms with Gasteiger partial charge in [0.05, 0.1) is 45.2 Å². The summed E-state index contributed by atoms with van der Waals surface area (Å²) < 4.78 is 62.6. The third-order valence-corrected chi connectivity index (χ3v) is 6.67. The van der Waals surface area contributed by atoms with E-state index in [0.29, 0.717) is 50.0 Å². The molecule has 0 bridgehead atoms. The lowest BCUT2D eigenvalue weighted by Gasteiger charge is -2.29. The highest BCUT2D eigenvalue weighted by molar-refractivity contribution is 6.06. The van der Waals surface area contributed by atoms with Crippen LogP contribution in [0, 0.1) is 0 Å². The largest absolute Gasteiger partial charge is 0.491 e. The van der Waals surface area contributed by atoms with Gasteiger partial charge in [0.2, 0.25) is 11.8 Å². The summed E-state index contributed by atoms with van der Waals surface area (Å²) in [5, 5.41) is 5.11. The first-order valence-electron chi connectivity index (χ1n) is 13.5. The zero-order valence-corrected chi connectivity index (χ0v) is 22.8. The first kappa shape index (κ1) is 31.1. The number of nitrogen functional groups attached to an aromatic ring is 1. The zero-order valence-electron chi connectivity index (χ0n) is 22.8. The predicted molar refractivity (Wildman–Crippen MR) is 145 cm³/mol. The molecule has 1 atom stereocenters. The molecule has 0 radical (unpaired) electrons. The van der Waals surface area contributed by atoms with E-state index >= 15 is 0 Å². The topological polar surface area (TPSA) is 141 Å². The fraction of sp³-hybridized carbons (Fsp3) is 0.464. The number of ether oxygens (including phenoxy) is 4. The van der Waals surface area contributed by atoms with Gasteiger partial charge in [-0.15, -0.1) is 0 Å². The Hall–Kier alpha value is -3.88. The highest BCUT2D eigenvalue weighted by Gasteiger charge is 2.42. The van der Waals surface area contributed by atoms with Gasteiger partial charge < -0.3 is 34.9 Å². The van der Waals surface area contributed by atoms with Crippen molar-refractivity contribution in [2.24, 2.45) is 0 Å². The Balaban J connectivity index is 1.15. The molecule has 3 amide bonds. The number of alkyl halides is 3. The summed E-state index contributed by atoms with van der Waals surface area (Å²) in [6.07, 6.45) is -4.51. The fourth-order valence-electron chi connectivity index (χ4n) is 4.56. The first-order valence-corrected chi connectivity index (χ1v) is 13.5. The molecule has 42 heavy (non-hydrogen) atoms. The number of carbonyl (C=O) groups excluding carboxylic acids is 3. The third-order valence-electron chi connectivity index (χ3n) is 6.67. The van der Waals surface area contributed by atoms with Gasteiger partial charge >= 0.3 is 6.18 Å². The number of hydrogen-bond acceptors (Lipinski definition) is 9. The second-order valence-corrected chi connectivity index (χ2v) is 9.63. The molecule has 1 fully saturated rings.